The largest absolute Gasteiger partial charge is 0.456 e. The monoisotopic (exact) mass is 714 g/mol. The van der Waals surface area contributed by atoms with Gasteiger partial charge in [-0.1, -0.05) is 188 Å². The number of fused-ring (bicyclic) bond motifs is 6. The van der Waals surface area contributed by atoms with E-state index in [9.17, 15) is 0 Å². The maximum atomic E-state index is 6.20. The lowest BCUT2D eigenvalue weighted by molar-refractivity contribution is 0.669. The van der Waals surface area contributed by atoms with E-state index in [1.54, 1.807) is 0 Å². The molecule has 1 aliphatic rings. The van der Waals surface area contributed by atoms with Gasteiger partial charge in [-0.25, -0.2) is 9.97 Å². The minimum absolute atomic E-state index is 0.451. The summed E-state index contributed by atoms with van der Waals surface area (Å²) in [5, 5.41) is 2.26. The Balaban J connectivity index is 1.03. The van der Waals surface area contributed by atoms with Gasteiger partial charge < -0.3 is 4.42 Å². The SMILES string of the molecule is c1ccc(-c2nc(-c3ccc(-c4cccc5oc6ccccc6c45)cc3)cc(-c3ccc(C4(c5ccccc5)c5ccccc5-c5ccccc54)cc3)n2)cc1. The maximum absolute atomic E-state index is 6.20. The molecule has 56 heavy (non-hydrogen) atoms. The lowest BCUT2D eigenvalue weighted by atomic mass is 9.67. The molecule has 0 radical (unpaired) electrons. The van der Waals surface area contributed by atoms with Crippen molar-refractivity contribution in [3.05, 3.63) is 229 Å². The van der Waals surface area contributed by atoms with Crippen LogP contribution in [0.25, 0.3) is 78.1 Å². The van der Waals surface area contributed by atoms with Crippen molar-refractivity contribution in [1.82, 2.24) is 9.97 Å². The smallest absolute Gasteiger partial charge is 0.160 e. The summed E-state index contributed by atoms with van der Waals surface area (Å²) < 4.78 is 6.20. The highest BCUT2D eigenvalue weighted by atomic mass is 16.3. The molecule has 0 unspecified atom stereocenters. The molecule has 0 aliphatic heterocycles. The second-order valence-electron chi connectivity index (χ2n) is 14.5. The molecule has 0 saturated carbocycles. The summed E-state index contributed by atoms with van der Waals surface area (Å²) in [6, 6.07) is 73.3. The molecule has 11 rings (SSSR count). The van der Waals surface area contributed by atoms with Crippen molar-refractivity contribution in [2.75, 3.05) is 0 Å². The van der Waals surface area contributed by atoms with Gasteiger partial charge >= 0.3 is 0 Å². The van der Waals surface area contributed by atoms with Crippen molar-refractivity contribution in [2.45, 2.75) is 5.41 Å². The van der Waals surface area contributed by atoms with Gasteiger partial charge in [0.15, 0.2) is 5.82 Å². The Labute approximate surface area is 325 Å². The molecule has 0 spiro atoms. The second kappa shape index (κ2) is 12.9. The van der Waals surface area contributed by atoms with Crippen LogP contribution >= 0.6 is 0 Å². The van der Waals surface area contributed by atoms with Crippen molar-refractivity contribution in [1.29, 1.82) is 0 Å². The van der Waals surface area contributed by atoms with Crippen molar-refractivity contribution < 1.29 is 4.42 Å². The van der Waals surface area contributed by atoms with Crippen LogP contribution in [0, 0.1) is 0 Å². The number of aromatic nitrogens is 2. The third-order valence-electron chi connectivity index (χ3n) is 11.4. The minimum atomic E-state index is -0.451. The summed E-state index contributed by atoms with van der Waals surface area (Å²) in [6.45, 7) is 0. The minimum Gasteiger partial charge on any atom is -0.456 e. The molecule has 3 heteroatoms. The summed E-state index contributed by atoms with van der Waals surface area (Å²) in [4.78, 5) is 10.3. The molecule has 3 nitrogen and oxygen atoms in total. The summed E-state index contributed by atoms with van der Waals surface area (Å²) in [5.74, 6) is 0.695. The average molecular weight is 715 g/mol. The van der Waals surface area contributed by atoms with Crippen LogP contribution < -0.4 is 0 Å². The first-order valence-electron chi connectivity index (χ1n) is 19.1. The Morgan fingerprint density at radius 1 is 0.357 bits per heavy atom. The first-order chi connectivity index (χ1) is 27.8. The third kappa shape index (κ3) is 4.98. The van der Waals surface area contributed by atoms with Crippen LogP contribution in [0.1, 0.15) is 22.3 Å². The van der Waals surface area contributed by atoms with Gasteiger partial charge in [0.25, 0.3) is 0 Å². The fourth-order valence-corrected chi connectivity index (χ4v) is 8.90. The molecule has 262 valence electrons. The van der Waals surface area contributed by atoms with E-state index in [0.29, 0.717) is 5.82 Å². The topological polar surface area (TPSA) is 38.9 Å². The Morgan fingerprint density at radius 3 is 1.54 bits per heavy atom. The number of benzene rings is 8. The van der Waals surface area contributed by atoms with E-state index in [-0.39, 0.29) is 0 Å². The van der Waals surface area contributed by atoms with E-state index in [4.69, 9.17) is 14.4 Å². The Kier molecular flexibility index (Phi) is 7.39. The molecular formula is C53H34N2O. The van der Waals surface area contributed by atoms with Gasteiger partial charge in [0, 0.05) is 27.5 Å². The molecule has 0 N–H and O–H groups in total. The average Bonchev–Trinajstić information content (AvgIpc) is 3.81. The van der Waals surface area contributed by atoms with Gasteiger partial charge in [-0.05, 0) is 62.7 Å². The lowest BCUT2D eigenvalue weighted by Gasteiger charge is -2.34. The van der Waals surface area contributed by atoms with Crippen LogP contribution in [0.4, 0.5) is 0 Å². The number of furan rings is 1. The van der Waals surface area contributed by atoms with Crippen LogP contribution in [0.3, 0.4) is 0 Å². The molecule has 0 bridgehead atoms. The summed E-state index contributed by atoms with van der Waals surface area (Å²) in [6.07, 6.45) is 0. The zero-order valence-electron chi connectivity index (χ0n) is 30.4. The van der Waals surface area contributed by atoms with E-state index in [1.165, 1.54) is 33.4 Å². The first-order valence-corrected chi connectivity index (χ1v) is 19.1. The van der Waals surface area contributed by atoms with E-state index in [1.807, 2.05) is 36.4 Å². The van der Waals surface area contributed by atoms with Crippen molar-refractivity contribution in [3.8, 4) is 56.2 Å². The molecule has 2 heterocycles. The number of para-hydroxylation sites is 1. The van der Waals surface area contributed by atoms with Gasteiger partial charge in [0.1, 0.15) is 11.2 Å². The van der Waals surface area contributed by atoms with Crippen LogP contribution in [0.15, 0.2) is 211 Å². The highest BCUT2D eigenvalue weighted by Gasteiger charge is 2.45. The van der Waals surface area contributed by atoms with Gasteiger partial charge in [0.05, 0.1) is 16.8 Å². The molecule has 8 aromatic carbocycles. The Hall–Kier alpha value is -7.36. The third-order valence-corrected chi connectivity index (χ3v) is 11.4. The molecule has 1 aliphatic carbocycles. The maximum Gasteiger partial charge on any atom is 0.160 e. The number of hydrogen-bond acceptors (Lipinski definition) is 3. The summed E-state index contributed by atoms with van der Waals surface area (Å²) in [5.41, 5.74) is 16.0. The number of hydrogen-bond donors (Lipinski definition) is 0. The van der Waals surface area contributed by atoms with Gasteiger partial charge in [-0.2, -0.15) is 0 Å². The van der Waals surface area contributed by atoms with Crippen LogP contribution in [-0.2, 0) is 5.41 Å². The molecular weight excluding hydrogens is 681 g/mol. The van der Waals surface area contributed by atoms with Crippen LogP contribution in [-0.4, -0.2) is 9.97 Å². The van der Waals surface area contributed by atoms with Gasteiger partial charge in [-0.3, -0.25) is 0 Å². The second-order valence-corrected chi connectivity index (χ2v) is 14.5. The summed E-state index contributed by atoms with van der Waals surface area (Å²) >= 11 is 0. The van der Waals surface area contributed by atoms with Crippen molar-refractivity contribution in [3.63, 3.8) is 0 Å². The standard InChI is InChI=1S/C53H34N2O/c1-3-14-38(15-4-1)52-54-47(36-28-26-35(27-29-36)41-21-13-25-50-51(41)44-20-9-12-24-49(44)56-50)34-48(55-52)37-30-32-40(33-31-37)53(39-16-5-2-6-17-39)45-22-10-7-18-42(45)43-19-8-11-23-46(43)53/h1-34H. The normalized spacial score (nSPS) is 12.8. The van der Waals surface area contributed by atoms with E-state index >= 15 is 0 Å². The fourth-order valence-electron chi connectivity index (χ4n) is 8.90. The van der Waals surface area contributed by atoms with E-state index < -0.39 is 5.41 Å². The molecule has 10 aromatic rings. The zero-order valence-corrected chi connectivity index (χ0v) is 30.4. The predicted molar refractivity (Wildman–Crippen MR) is 228 cm³/mol. The van der Waals surface area contributed by atoms with Crippen LogP contribution in [0.5, 0.6) is 0 Å². The first kappa shape index (κ1) is 32.1. The molecule has 0 saturated heterocycles. The van der Waals surface area contributed by atoms with Gasteiger partial charge in [-0.15, -0.1) is 0 Å². The Bertz CT molecular complexity index is 3010. The molecule has 0 amide bonds. The Morgan fingerprint density at radius 2 is 0.857 bits per heavy atom. The number of nitrogens with zero attached hydrogens (tertiary/aromatic N) is 2. The highest BCUT2D eigenvalue weighted by molar-refractivity contribution is 6.12. The molecule has 2 aromatic heterocycles. The van der Waals surface area contributed by atoms with E-state index in [2.05, 4.69) is 170 Å². The van der Waals surface area contributed by atoms with Crippen molar-refractivity contribution in [2.24, 2.45) is 0 Å². The fraction of sp³-hybridized carbons (Fsp3) is 0.0189. The van der Waals surface area contributed by atoms with Gasteiger partial charge in [0.2, 0.25) is 0 Å². The van der Waals surface area contributed by atoms with E-state index in [0.717, 1.165) is 61.1 Å². The molecule has 0 fully saturated rings. The zero-order chi connectivity index (χ0) is 37.1. The quantitative estimate of drug-likeness (QED) is 0.172. The van der Waals surface area contributed by atoms with Crippen LogP contribution in [0.2, 0.25) is 0 Å². The van der Waals surface area contributed by atoms with Crippen molar-refractivity contribution >= 4 is 21.9 Å². The predicted octanol–water partition coefficient (Wildman–Crippen LogP) is 13.4. The summed E-state index contributed by atoms with van der Waals surface area (Å²) in [7, 11) is 0. The molecule has 0 atom stereocenters. The highest BCUT2D eigenvalue weighted by Crippen LogP contribution is 2.56. The number of rotatable bonds is 6. The lowest BCUT2D eigenvalue weighted by Crippen LogP contribution is -2.28.